The van der Waals surface area contributed by atoms with Crippen LogP contribution in [0.4, 0.5) is 5.13 Å². The number of nitrogens with zero attached hydrogens (tertiary/aromatic N) is 1. The van der Waals surface area contributed by atoms with E-state index in [1.54, 1.807) is 36.4 Å². The van der Waals surface area contributed by atoms with E-state index in [4.69, 9.17) is 14.6 Å². The van der Waals surface area contributed by atoms with Crippen LogP contribution in [0.25, 0.3) is 0 Å². The zero-order valence-electron chi connectivity index (χ0n) is 20.5. The number of rotatable bonds is 10. The van der Waals surface area contributed by atoms with Crippen molar-refractivity contribution < 1.29 is 32.6 Å². The number of carboxylic acids is 1. The number of hydrogen-bond donors (Lipinski definition) is 2. The third-order valence-corrected chi connectivity index (χ3v) is 9.90. The number of nitrogens with one attached hydrogen (secondary N) is 1. The topological polar surface area (TPSA) is 132 Å². The molecule has 200 valence electrons. The van der Waals surface area contributed by atoms with Gasteiger partial charge in [0.1, 0.15) is 5.75 Å². The zero-order valence-corrected chi connectivity index (χ0v) is 22.2. The molecule has 9 nitrogen and oxygen atoms in total. The summed E-state index contributed by atoms with van der Waals surface area (Å²) in [5.74, 6) is -0.948. The Hall–Kier alpha value is -3.28. The minimum Gasteiger partial charge on any atom is -0.478 e. The molecule has 3 aromatic rings. The van der Waals surface area contributed by atoms with Crippen LogP contribution in [0, 0.1) is 5.92 Å². The molecule has 2 aromatic carbocycles. The van der Waals surface area contributed by atoms with Crippen molar-refractivity contribution in [3.05, 3.63) is 65.9 Å². The van der Waals surface area contributed by atoms with Crippen LogP contribution in [-0.2, 0) is 19.4 Å². The summed E-state index contributed by atoms with van der Waals surface area (Å²) in [5, 5.41) is 12.5. The fraction of sp³-hybridized carbons (Fsp3) is 0.370. The zero-order chi connectivity index (χ0) is 26.7. The molecule has 0 spiro atoms. The Labute approximate surface area is 224 Å². The van der Waals surface area contributed by atoms with E-state index >= 15 is 0 Å². The summed E-state index contributed by atoms with van der Waals surface area (Å²) in [6.07, 6.45) is 5.25. The van der Waals surface area contributed by atoms with E-state index in [1.165, 1.54) is 18.3 Å². The van der Waals surface area contributed by atoms with Gasteiger partial charge in [0.05, 0.1) is 27.8 Å². The quantitative estimate of drug-likeness (QED) is 0.352. The van der Waals surface area contributed by atoms with Crippen molar-refractivity contribution in [1.29, 1.82) is 0 Å². The molecule has 11 heteroatoms. The summed E-state index contributed by atoms with van der Waals surface area (Å²) in [6, 6.07) is 12.7. The maximum absolute atomic E-state index is 13.5. The lowest BCUT2D eigenvalue weighted by Crippen LogP contribution is -2.26. The lowest BCUT2D eigenvalue weighted by molar-refractivity contribution is -0.118. The van der Waals surface area contributed by atoms with Gasteiger partial charge in [-0.25, -0.2) is 18.2 Å². The van der Waals surface area contributed by atoms with Gasteiger partial charge in [-0.2, -0.15) is 0 Å². The first-order valence-electron chi connectivity index (χ1n) is 12.5. The van der Waals surface area contributed by atoms with Crippen LogP contribution in [0.3, 0.4) is 0 Å². The highest BCUT2D eigenvalue weighted by atomic mass is 32.2. The first kappa shape index (κ1) is 26.3. The van der Waals surface area contributed by atoms with E-state index in [-0.39, 0.29) is 16.7 Å². The number of hydrogen-bond acceptors (Lipinski definition) is 8. The molecule has 0 bridgehead atoms. The standard InChI is InChI=1S/C27H28N2O7S2/c30-25(29-27-28-16-24(37-27)36-20-5-1-19(2-6-20)26(31)32)23(15-17-11-13-35-14-12-17)18-3-7-21(8-4-18)38(33,34)22-9-10-22/h1-8,16-17,22-23H,9-15H2,(H,31,32)(H,28,29,30)/t23-/m1/s1. The van der Waals surface area contributed by atoms with Crippen molar-refractivity contribution in [2.24, 2.45) is 5.92 Å². The number of carbonyl (C=O) groups is 2. The van der Waals surface area contributed by atoms with Gasteiger partial charge in [-0.15, -0.1) is 0 Å². The second-order valence-electron chi connectivity index (χ2n) is 9.56. The fourth-order valence-corrected chi connectivity index (χ4v) is 6.86. The molecular weight excluding hydrogens is 528 g/mol. The third-order valence-electron chi connectivity index (χ3n) is 6.83. The monoisotopic (exact) mass is 556 g/mol. The molecule has 5 rings (SSSR count). The van der Waals surface area contributed by atoms with Gasteiger partial charge in [-0.3, -0.25) is 4.79 Å². The van der Waals surface area contributed by atoms with Gasteiger partial charge in [-0.05, 0) is 80.0 Å². The number of amides is 1. The molecule has 2 heterocycles. The average Bonchev–Trinajstić information content (AvgIpc) is 3.70. The number of thiazole rings is 1. The summed E-state index contributed by atoms with van der Waals surface area (Å²) in [7, 11) is -3.30. The normalized spacial score (nSPS) is 17.1. The van der Waals surface area contributed by atoms with E-state index in [0.29, 0.717) is 59.2 Å². The summed E-state index contributed by atoms with van der Waals surface area (Å²) in [5.41, 5.74) is 0.915. The number of aromatic carboxylic acids is 1. The number of carboxylic acid groups (broad SMARTS) is 1. The molecule has 2 aliphatic rings. The molecule has 0 radical (unpaired) electrons. The van der Waals surface area contributed by atoms with Crippen molar-refractivity contribution >= 4 is 38.2 Å². The lowest BCUT2D eigenvalue weighted by Gasteiger charge is -2.26. The second kappa shape index (κ2) is 11.2. The molecule has 1 saturated carbocycles. The highest BCUT2D eigenvalue weighted by Gasteiger charge is 2.37. The smallest absolute Gasteiger partial charge is 0.335 e. The van der Waals surface area contributed by atoms with Crippen LogP contribution in [0.5, 0.6) is 10.8 Å². The molecule has 0 unspecified atom stereocenters. The van der Waals surface area contributed by atoms with Crippen molar-refractivity contribution in [2.45, 2.75) is 48.2 Å². The first-order chi connectivity index (χ1) is 18.3. The van der Waals surface area contributed by atoms with Gasteiger partial charge in [0.2, 0.25) is 11.0 Å². The van der Waals surface area contributed by atoms with Gasteiger partial charge >= 0.3 is 5.97 Å². The molecule has 1 atom stereocenters. The number of anilines is 1. The Balaban J connectivity index is 1.30. The highest BCUT2D eigenvalue weighted by Crippen LogP contribution is 2.36. The Bertz CT molecular complexity index is 1390. The van der Waals surface area contributed by atoms with Gasteiger partial charge < -0.3 is 19.9 Å². The molecule has 1 saturated heterocycles. The van der Waals surface area contributed by atoms with Gasteiger partial charge in [0.15, 0.2) is 15.0 Å². The SMILES string of the molecule is O=C(O)c1ccc(Oc2cnc(NC(=O)[C@H](CC3CCOCC3)c3ccc(S(=O)(=O)C4CC4)cc3)s2)cc1. The largest absolute Gasteiger partial charge is 0.478 e. The highest BCUT2D eigenvalue weighted by molar-refractivity contribution is 7.92. The van der Waals surface area contributed by atoms with E-state index in [0.717, 1.165) is 29.7 Å². The van der Waals surface area contributed by atoms with E-state index in [1.807, 2.05) is 0 Å². The summed E-state index contributed by atoms with van der Waals surface area (Å²) >= 11 is 1.16. The number of carbonyl (C=O) groups excluding carboxylic acids is 1. The molecule has 1 aromatic heterocycles. The second-order valence-corrected chi connectivity index (χ2v) is 12.8. The number of sulfone groups is 1. The van der Waals surface area contributed by atoms with Crippen LogP contribution in [0.2, 0.25) is 0 Å². The molecule has 1 amide bonds. The first-order valence-corrected chi connectivity index (χ1v) is 14.9. The minimum atomic E-state index is -3.30. The van der Waals surface area contributed by atoms with E-state index in [9.17, 15) is 18.0 Å². The van der Waals surface area contributed by atoms with Gasteiger partial charge in [-0.1, -0.05) is 23.5 Å². The van der Waals surface area contributed by atoms with Crippen molar-refractivity contribution in [2.75, 3.05) is 18.5 Å². The van der Waals surface area contributed by atoms with E-state index in [2.05, 4.69) is 10.3 Å². The van der Waals surface area contributed by atoms with Crippen LogP contribution >= 0.6 is 11.3 Å². The number of benzene rings is 2. The van der Waals surface area contributed by atoms with Gasteiger partial charge in [0.25, 0.3) is 0 Å². The molecule has 2 fully saturated rings. The molecule has 2 N–H and O–H groups in total. The maximum atomic E-state index is 13.5. The average molecular weight is 557 g/mol. The van der Waals surface area contributed by atoms with Crippen LogP contribution in [-0.4, -0.2) is 48.8 Å². The number of aromatic nitrogens is 1. The molecule has 1 aliphatic carbocycles. The van der Waals surface area contributed by atoms with E-state index < -0.39 is 21.7 Å². The summed E-state index contributed by atoms with van der Waals surface area (Å²) in [4.78, 5) is 29.1. The van der Waals surface area contributed by atoms with Crippen molar-refractivity contribution in [1.82, 2.24) is 4.98 Å². The Kier molecular flexibility index (Phi) is 7.78. The molecule has 1 aliphatic heterocycles. The Morgan fingerprint density at radius 1 is 1.05 bits per heavy atom. The van der Waals surface area contributed by atoms with Crippen LogP contribution in [0.1, 0.15) is 53.9 Å². The molecular formula is C27H28N2O7S2. The maximum Gasteiger partial charge on any atom is 0.335 e. The Morgan fingerprint density at radius 3 is 2.37 bits per heavy atom. The van der Waals surface area contributed by atoms with Crippen LogP contribution in [0.15, 0.2) is 59.6 Å². The predicted octanol–water partition coefficient (Wildman–Crippen LogP) is 5.11. The Morgan fingerprint density at radius 2 is 1.74 bits per heavy atom. The van der Waals surface area contributed by atoms with Crippen LogP contribution < -0.4 is 10.1 Å². The fourth-order valence-electron chi connectivity index (χ4n) is 4.51. The predicted molar refractivity (Wildman–Crippen MR) is 142 cm³/mol. The third kappa shape index (κ3) is 6.23. The van der Waals surface area contributed by atoms with Gasteiger partial charge in [0, 0.05) is 13.2 Å². The lowest BCUT2D eigenvalue weighted by atomic mass is 9.84. The summed E-state index contributed by atoms with van der Waals surface area (Å²) < 4.78 is 36.4. The summed E-state index contributed by atoms with van der Waals surface area (Å²) in [6.45, 7) is 1.33. The molecule has 38 heavy (non-hydrogen) atoms. The van der Waals surface area contributed by atoms with Crippen molar-refractivity contribution in [3.8, 4) is 10.8 Å². The number of ether oxygens (including phenoxy) is 2. The van der Waals surface area contributed by atoms with Crippen molar-refractivity contribution in [3.63, 3.8) is 0 Å². The minimum absolute atomic E-state index is 0.156.